The molecule has 104 valence electrons. The number of nitrogens with one attached hydrogen (secondary N) is 1. The Morgan fingerprint density at radius 1 is 1.47 bits per heavy atom. The van der Waals surface area contributed by atoms with Gasteiger partial charge in [0.25, 0.3) is 0 Å². The molecule has 1 fully saturated rings. The molecule has 1 aromatic rings. The lowest BCUT2D eigenvalue weighted by molar-refractivity contribution is -0.131. The van der Waals surface area contributed by atoms with Crippen LogP contribution in [0, 0.1) is 0 Å². The van der Waals surface area contributed by atoms with E-state index in [0.29, 0.717) is 18.2 Å². The highest BCUT2D eigenvalue weighted by Crippen LogP contribution is 2.27. The minimum atomic E-state index is -0.0927. The molecule has 1 aliphatic rings. The Bertz CT molecular complexity index is 436. The molecule has 2 rings (SSSR count). The summed E-state index contributed by atoms with van der Waals surface area (Å²) in [5, 5.41) is 3.94. The van der Waals surface area contributed by atoms with E-state index in [1.54, 1.807) is 7.11 Å². The first-order chi connectivity index (χ1) is 9.17. The smallest absolute Gasteiger partial charge is 0.238 e. The van der Waals surface area contributed by atoms with E-state index in [-0.39, 0.29) is 18.1 Å². The molecule has 0 radical (unpaired) electrons. The fourth-order valence-electron chi connectivity index (χ4n) is 2.44. The summed E-state index contributed by atoms with van der Waals surface area (Å²) in [6.45, 7) is 2.98. The molecule has 1 saturated heterocycles. The number of hydrogen-bond donors (Lipinski definition) is 1. The van der Waals surface area contributed by atoms with Gasteiger partial charge in [0.2, 0.25) is 5.91 Å². The van der Waals surface area contributed by atoms with Gasteiger partial charge in [0.05, 0.1) is 19.2 Å². The number of carbonyl (C=O) groups is 1. The Morgan fingerprint density at radius 2 is 2.16 bits per heavy atom. The quantitative estimate of drug-likeness (QED) is 0.900. The van der Waals surface area contributed by atoms with Crippen molar-refractivity contribution in [2.75, 3.05) is 20.3 Å². The van der Waals surface area contributed by atoms with Crippen molar-refractivity contribution in [1.82, 2.24) is 10.2 Å². The third-order valence-corrected chi connectivity index (χ3v) is 3.67. The van der Waals surface area contributed by atoms with Gasteiger partial charge in [-0.05, 0) is 24.1 Å². The first-order valence-electron chi connectivity index (χ1n) is 6.46. The lowest BCUT2D eigenvalue weighted by atomic mass is 10.1. The van der Waals surface area contributed by atoms with Crippen molar-refractivity contribution in [3.63, 3.8) is 0 Å². The molecule has 1 N–H and O–H groups in total. The van der Waals surface area contributed by atoms with Crippen LogP contribution in [0.15, 0.2) is 24.3 Å². The third-order valence-electron chi connectivity index (χ3n) is 3.42. The van der Waals surface area contributed by atoms with Crippen LogP contribution >= 0.6 is 11.6 Å². The first-order valence-corrected chi connectivity index (χ1v) is 6.84. The second-order valence-corrected chi connectivity index (χ2v) is 5.09. The molecule has 0 aromatic heterocycles. The topological polar surface area (TPSA) is 41.6 Å². The molecular formula is C14H19ClN2O2. The van der Waals surface area contributed by atoms with Crippen molar-refractivity contribution in [2.45, 2.75) is 25.6 Å². The first kappa shape index (κ1) is 14.3. The fourth-order valence-corrected chi connectivity index (χ4v) is 2.57. The summed E-state index contributed by atoms with van der Waals surface area (Å²) in [5.74, 6) is 0.115. The Labute approximate surface area is 118 Å². The van der Waals surface area contributed by atoms with Crippen LogP contribution in [0.3, 0.4) is 0 Å². The van der Waals surface area contributed by atoms with Crippen LogP contribution in [0.1, 0.15) is 25.1 Å². The molecule has 1 aliphatic heterocycles. The molecule has 1 heterocycles. The van der Waals surface area contributed by atoms with E-state index in [1.165, 1.54) is 0 Å². The van der Waals surface area contributed by atoms with Crippen molar-refractivity contribution in [2.24, 2.45) is 0 Å². The summed E-state index contributed by atoms with van der Waals surface area (Å²) in [7, 11) is 1.66. The maximum absolute atomic E-state index is 12.1. The van der Waals surface area contributed by atoms with E-state index in [0.717, 1.165) is 12.0 Å². The van der Waals surface area contributed by atoms with Gasteiger partial charge in [-0.15, -0.1) is 0 Å². The van der Waals surface area contributed by atoms with Crippen molar-refractivity contribution in [3.05, 3.63) is 34.9 Å². The average molecular weight is 283 g/mol. The Morgan fingerprint density at radius 3 is 2.74 bits per heavy atom. The molecule has 19 heavy (non-hydrogen) atoms. The number of amides is 1. The zero-order chi connectivity index (χ0) is 13.8. The van der Waals surface area contributed by atoms with Crippen LogP contribution in [0.2, 0.25) is 5.02 Å². The van der Waals surface area contributed by atoms with Gasteiger partial charge >= 0.3 is 0 Å². The number of carbonyl (C=O) groups excluding carboxylic acids is 1. The zero-order valence-electron chi connectivity index (χ0n) is 11.2. The van der Waals surface area contributed by atoms with Crippen molar-refractivity contribution >= 4 is 17.5 Å². The molecule has 5 heteroatoms. The summed E-state index contributed by atoms with van der Waals surface area (Å²) in [5.41, 5.74) is 1.05. The molecule has 4 nitrogen and oxygen atoms in total. The van der Waals surface area contributed by atoms with E-state index in [4.69, 9.17) is 16.3 Å². The SMILES string of the molecule is CCC(COC)N1C(=O)CNC1c1ccc(Cl)cc1. The highest BCUT2D eigenvalue weighted by atomic mass is 35.5. The molecule has 0 saturated carbocycles. The number of rotatable bonds is 5. The molecule has 2 unspecified atom stereocenters. The largest absolute Gasteiger partial charge is 0.383 e. The van der Waals surface area contributed by atoms with E-state index < -0.39 is 0 Å². The maximum atomic E-state index is 12.1. The van der Waals surface area contributed by atoms with Gasteiger partial charge in [-0.3, -0.25) is 10.1 Å². The summed E-state index contributed by atoms with van der Waals surface area (Å²) < 4.78 is 5.22. The predicted molar refractivity (Wildman–Crippen MR) is 75.0 cm³/mol. The maximum Gasteiger partial charge on any atom is 0.238 e. The molecule has 1 amide bonds. The van der Waals surface area contributed by atoms with Crippen LogP contribution in [-0.4, -0.2) is 37.1 Å². The van der Waals surface area contributed by atoms with Gasteiger partial charge in [-0.2, -0.15) is 0 Å². The molecule has 0 aliphatic carbocycles. The lowest BCUT2D eigenvalue weighted by Crippen LogP contribution is -2.41. The van der Waals surface area contributed by atoms with Crippen LogP contribution in [-0.2, 0) is 9.53 Å². The number of hydrogen-bond acceptors (Lipinski definition) is 3. The van der Waals surface area contributed by atoms with Gasteiger partial charge in [-0.1, -0.05) is 30.7 Å². The molecular weight excluding hydrogens is 264 g/mol. The van der Waals surface area contributed by atoms with E-state index >= 15 is 0 Å². The zero-order valence-corrected chi connectivity index (χ0v) is 12.0. The monoisotopic (exact) mass is 282 g/mol. The number of halogens is 1. The van der Waals surface area contributed by atoms with Crippen molar-refractivity contribution < 1.29 is 9.53 Å². The van der Waals surface area contributed by atoms with E-state index in [9.17, 15) is 4.79 Å². The minimum Gasteiger partial charge on any atom is -0.383 e. The Hall–Kier alpha value is -1.10. The average Bonchev–Trinajstić information content (AvgIpc) is 2.79. The van der Waals surface area contributed by atoms with E-state index in [1.807, 2.05) is 29.2 Å². The molecule has 1 aromatic carbocycles. The van der Waals surface area contributed by atoms with Gasteiger partial charge in [0.15, 0.2) is 0 Å². The molecule has 2 atom stereocenters. The van der Waals surface area contributed by atoms with Crippen molar-refractivity contribution in [3.8, 4) is 0 Å². The van der Waals surface area contributed by atoms with Gasteiger partial charge in [0, 0.05) is 12.1 Å². The van der Waals surface area contributed by atoms with Crippen LogP contribution < -0.4 is 5.32 Å². The van der Waals surface area contributed by atoms with E-state index in [2.05, 4.69) is 12.2 Å². The normalized spacial score (nSPS) is 20.9. The van der Waals surface area contributed by atoms with Crippen LogP contribution in [0.5, 0.6) is 0 Å². The second-order valence-electron chi connectivity index (χ2n) is 4.65. The van der Waals surface area contributed by atoms with Crippen LogP contribution in [0.4, 0.5) is 0 Å². The number of methoxy groups -OCH3 is 1. The second kappa shape index (κ2) is 6.37. The Kier molecular flexibility index (Phi) is 4.80. The lowest BCUT2D eigenvalue weighted by Gasteiger charge is -2.32. The Balaban J connectivity index is 2.23. The minimum absolute atomic E-state index is 0.0909. The number of nitrogens with zero attached hydrogens (tertiary/aromatic N) is 1. The standard InChI is InChI=1S/C14H19ClN2O2/c1-3-12(9-19-2)17-13(18)8-16-14(17)10-4-6-11(15)7-5-10/h4-7,12,14,16H,3,8-9H2,1-2H3. The summed E-state index contributed by atoms with van der Waals surface area (Å²) in [6.07, 6.45) is 0.774. The van der Waals surface area contributed by atoms with Gasteiger partial charge in [-0.25, -0.2) is 0 Å². The van der Waals surface area contributed by atoms with Crippen molar-refractivity contribution in [1.29, 1.82) is 0 Å². The van der Waals surface area contributed by atoms with Crippen LogP contribution in [0.25, 0.3) is 0 Å². The highest BCUT2D eigenvalue weighted by molar-refractivity contribution is 6.30. The number of benzene rings is 1. The summed E-state index contributed by atoms with van der Waals surface area (Å²) >= 11 is 5.90. The van der Waals surface area contributed by atoms with Gasteiger partial charge in [0.1, 0.15) is 6.17 Å². The highest BCUT2D eigenvalue weighted by Gasteiger charge is 2.35. The van der Waals surface area contributed by atoms with Gasteiger partial charge < -0.3 is 9.64 Å². The third kappa shape index (κ3) is 3.08. The summed E-state index contributed by atoms with van der Waals surface area (Å²) in [4.78, 5) is 14.0. The summed E-state index contributed by atoms with van der Waals surface area (Å²) in [6, 6.07) is 7.68. The molecule has 0 bridgehead atoms. The molecule has 0 spiro atoms. The number of ether oxygens (including phenoxy) is 1. The predicted octanol–water partition coefficient (Wildman–Crippen LogP) is 2.20. The fraction of sp³-hybridized carbons (Fsp3) is 0.500.